The maximum absolute atomic E-state index is 12.8. The molecule has 0 bridgehead atoms. The third kappa shape index (κ3) is 8.32. The van der Waals surface area contributed by atoms with Crippen molar-refractivity contribution in [3.63, 3.8) is 0 Å². The minimum absolute atomic E-state index is 0.0698. The third-order valence-electron chi connectivity index (χ3n) is 4.92. The van der Waals surface area contributed by atoms with Crippen molar-refractivity contribution in [1.29, 1.82) is 0 Å². The van der Waals surface area contributed by atoms with Crippen LogP contribution in [0.15, 0.2) is 54.6 Å². The third-order valence-corrected chi connectivity index (χ3v) is 4.92. The lowest BCUT2D eigenvalue weighted by Gasteiger charge is -2.25. The zero-order chi connectivity index (χ0) is 25.1. The first-order valence-electron chi connectivity index (χ1n) is 11.0. The summed E-state index contributed by atoms with van der Waals surface area (Å²) in [5.41, 5.74) is 9.85. The van der Waals surface area contributed by atoms with E-state index in [1.807, 2.05) is 44.2 Å². The highest BCUT2D eigenvalue weighted by atomic mass is 16.5. The second-order valence-electron chi connectivity index (χ2n) is 8.13. The number of benzene rings is 2. The SMILES string of the molecule is COC(=O)c1ccc(N(NC(=O)[C@@H](N)CC(=O)OCc2ccccc2)C(=O)CCC(C)C)cc1. The van der Waals surface area contributed by atoms with Crippen molar-refractivity contribution in [3.8, 4) is 0 Å². The number of methoxy groups -OCH3 is 1. The van der Waals surface area contributed by atoms with Gasteiger partial charge in [0.1, 0.15) is 6.61 Å². The van der Waals surface area contributed by atoms with Crippen molar-refractivity contribution >= 4 is 29.4 Å². The monoisotopic (exact) mass is 469 g/mol. The van der Waals surface area contributed by atoms with E-state index in [1.54, 1.807) is 0 Å². The molecule has 1 atom stereocenters. The van der Waals surface area contributed by atoms with Gasteiger partial charge in [-0.1, -0.05) is 44.2 Å². The summed E-state index contributed by atoms with van der Waals surface area (Å²) >= 11 is 0. The number of rotatable bonds is 10. The highest BCUT2D eigenvalue weighted by Crippen LogP contribution is 2.17. The van der Waals surface area contributed by atoms with Crippen LogP contribution in [0.2, 0.25) is 0 Å². The summed E-state index contributed by atoms with van der Waals surface area (Å²) in [6.45, 7) is 4.04. The van der Waals surface area contributed by atoms with Crippen LogP contribution < -0.4 is 16.2 Å². The van der Waals surface area contributed by atoms with Crippen LogP contribution in [-0.4, -0.2) is 36.9 Å². The van der Waals surface area contributed by atoms with Crippen molar-refractivity contribution < 1.29 is 28.7 Å². The standard InChI is InChI=1S/C25H31N3O6/c1-17(2)9-14-22(29)28(20-12-10-19(11-13-20)25(32)33-3)27-24(31)21(26)15-23(30)34-16-18-7-5-4-6-8-18/h4-8,10-13,17,21H,9,14-16,26H2,1-3H3,(H,27,31)/t21-/m0/s1. The molecule has 0 aromatic heterocycles. The van der Waals surface area contributed by atoms with E-state index in [-0.39, 0.29) is 31.3 Å². The summed E-state index contributed by atoms with van der Waals surface area (Å²) in [6.07, 6.45) is 0.447. The number of hydrazine groups is 1. The van der Waals surface area contributed by atoms with Crippen molar-refractivity contribution in [3.05, 3.63) is 65.7 Å². The topological polar surface area (TPSA) is 128 Å². The number of nitrogens with one attached hydrogen (secondary N) is 1. The summed E-state index contributed by atoms with van der Waals surface area (Å²) in [7, 11) is 1.27. The van der Waals surface area contributed by atoms with Gasteiger partial charge in [-0.2, -0.15) is 0 Å². The number of esters is 2. The average molecular weight is 470 g/mol. The highest BCUT2D eigenvalue weighted by Gasteiger charge is 2.24. The lowest BCUT2D eigenvalue weighted by molar-refractivity contribution is -0.146. The minimum Gasteiger partial charge on any atom is -0.465 e. The zero-order valence-corrected chi connectivity index (χ0v) is 19.7. The summed E-state index contributed by atoms with van der Waals surface area (Å²) < 4.78 is 9.85. The molecule has 0 unspecified atom stereocenters. The van der Waals surface area contributed by atoms with E-state index in [4.69, 9.17) is 10.5 Å². The first-order valence-corrected chi connectivity index (χ1v) is 11.0. The lowest BCUT2D eigenvalue weighted by atomic mass is 10.1. The Morgan fingerprint density at radius 2 is 1.65 bits per heavy atom. The van der Waals surface area contributed by atoms with Gasteiger partial charge in [-0.05, 0) is 42.2 Å². The molecule has 182 valence electrons. The van der Waals surface area contributed by atoms with Crippen molar-refractivity contribution in [2.75, 3.05) is 12.1 Å². The maximum Gasteiger partial charge on any atom is 0.337 e. The maximum atomic E-state index is 12.8. The number of amides is 2. The van der Waals surface area contributed by atoms with Gasteiger partial charge in [0, 0.05) is 6.42 Å². The molecule has 2 aromatic carbocycles. The molecule has 34 heavy (non-hydrogen) atoms. The molecule has 3 N–H and O–H groups in total. The summed E-state index contributed by atoms with van der Waals surface area (Å²) in [6, 6.07) is 13.9. The average Bonchev–Trinajstić information content (AvgIpc) is 2.84. The van der Waals surface area contributed by atoms with Crippen LogP contribution in [0, 0.1) is 5.92 Å². The molecule has 2 amide bonds. The number of hydrogen-bond donors (Lipinski definition) is 2. The van der Waals surface area contributed by atoms with Crippen LogP contribution in [0.4, 0.5) is 5.69 Å². The van der Waals surface area contributed by atoms with Gasteiger partial charge in [-0.3, -0.25) is 19.8 Å². The molecule has 2 rings (SSSR count). The Hall–Kier alpha value is -3.72. The number of anilines is 1. The number of hydrogen-bond acceptors (Lipinski definition) is 7. The molecule has 0 aliphatic rings. The fraction of sp³-hybridized carbons (Fsp3) is 0.360. The van der Waals surface area contributed by atoms with Gasteiger partial charge < -0.3 is 15.2 Å². The predicted molar refractivity (Wildman–Crippen MR) is 126 cm³/mol. The Balaban J connectivity index is 2.05. The van der Waals surface area contributed by atoms with E-state index >= 15 is 0 Å². The minimum atomic E-state index is -1.22. The van der Waals surface area contributed by atoms with Crippen molar-refractivity contribution in [2.45, 2.75) is 45.8 Å². The van der Waals surface area contributed by atoms with Crippen molar-refractivity contribution in [2.24, 2.45) is 11.7 Å². The Morgan fingerprint density at radius 1 is 1.00 bits per heavy atom. The van der Waals surface area contributed by atoms with E-state index < -0.39 is 23.9 Å². The number of carbonyl (C=O) groups excluding carboxylic acids is 4. The summed E-state index contributed by atoms with van der Waals surface area (Å²) in [4.78, 5) is 49.3. The molecule has 2 aromatic rings. The van der Waals surface area contributed by atoms with Crippen LogP contribution in [0.25, 0.3) is 0 Å². The molecule has 0 radical (unpaired) electrons. The van der Waals surface area contributed by atoms with Gasteiger partial charge in [0.25, 0.3) is 5.91 Å². The smallest absolute Gasteiger partial charge is 0.337 e. The van der Waals surface area contributed by atoms with Crippen LogP contribution >= 0.6 is 0 Å². The molecule has 0 saturated carbocycles. The fourth-order valence-corrected chi connectivity index (χ4v) is 2.92. The summed E-state index contributed by atoms with van der Waals surface area (Å²) in [5, 5.41) is 1.08. The van der Waals surface area contributed by atoms with Gasteiger partial charge in [-0.25, -0.2) is 9.80 Å². The molecule has 0 heterocycles. The number of ether oxygens (including phenoxy) is 2. The number of nitrogens with zero attached hydrogens (tertiary/aromatic N) is 1. The zero-order valence-electron chi connectivity index (χ0n) is 19.7. The molecule has 0 aliphatic carbocycles. The van der Waals surface area contributed by atoms with Crippen LogP contribution in [0.5, 0.6) is 0 Å². The Kier molecular flexibility index (Phi) is 10.2. The molecule has 0 fully saturated rings. The van der Waals surface area contributed by atoms with Gasteiger partial charge in [-0.15, -0.1) is 0 Å². The van der Waals surface area contributed by atoms with Crippen molar-refractivity contribution in [1.82, 2.24) is 5.43 Å². The van der Waals surface area contributed by atoms with E-state index in [1.165, 1.54) is 31.4 Å². The molecule has 9 nitrogen and oxygen atoms in total. The molecular weight excluding hydrogens is 438 g/mol. The van der Waals surface area contributed by atoms with Gasteiger partial charge in [0.05, 0.1) is 30.8 Å². The van der Waals surface area contributed by atoms with E-state index in [9.17, 15) is 19.2 Å². The number of carbonyl (C=O) groups is 4. The molecule has 9 heteroatoms. The van der Waals surface area contributed by atoms with Crippen LogP contribution in [0.3, 0.4) is 0 Å². The van der Waals surface area contributed by atoms with E-state index in [2.05, 4.69) is 10.2 Å². The summed E-state index contributed by atoms with van der Waals surface area (Å²) in [5.74, 6) is -1.95. The Bertz CT molecular complexity index is 976. The van der Waals surface area contributed by atoms with Crippen LogP contribution in [-0.2, 0) is 30.5 Å². The Labute approximate surface area is 199 Å². The Morgan fingerprint density at radius 3 is 2.24 bits per heavy atom. The van der Waals surface area contributed by atoms with Gasteiger partial charge in [0.2, 0.25) is 5.91 Å². The lowest BCUT2D eigenvalue weighted by Crippen LogP contribution is -2.52. The van der Waals surface area contributed by atoms with Crippen LogP contribution in [0.1, 0.15) is 49.0 Å². The second kappa shape index (κ2) is 13.1. The quantitative estimate of drug-likeness (QED) is 0.404. The second-order valence-corrected chi connectivity index (χ2v) is 8.13. The number of nitrogens with two attached hydrogens (primary N) is 1. The predicted octanol–water partition coefficient (Wildman–Crippen LogP) is 2.73. The van der Waals surface area contributed by atoms with E-state index in [0.29, 0.717) is 17.7 Å². The molecular formula is C25H31N3O6. The molecule has 0 saturated heterocycles. The largest absolute Gasteiger partial charge is 0.465 e. The first-order chi connectivity index (χ1) is 16.2. The molecule has 0 spiro atoms. The molecule has 0 aliphatic heterocycles. The van der Waals surface area contributed by atoms with Gasteiger partial charge >= 0.3 is 11.9 Å². The van der Waals surface area contributed by atoms with E-state index in [0.717, 1.165) is 10.6 Å². The fourth-order valence-electron chi connectivity index (χ4n) is 2.92. The normalized spacial score (nSPS) is 11.4. The van der Waals surface area contributed by atoms with Gasteiger partial charge in [0.15, 0.2) is 0 Å². The highest BCUT2D eigenvalue weighted by molar-refractivity contribution is 5.98. The first kappa shape index (κ1) is 26.5.